The van der Waals surface area contributed by atoms with Crippen LogP contribution >= 0.6 is 0 Å². The minimum atomic E-state index is -0.464. The maximum absolute atomic E-state index is 13.7. The lowest BCUT2D eigenvalue weighted by molar-refractivity contribution is 0.209. The van der Waals surface area contributed by atoms with Gasteiger partial charge in [-0.2, -0.15) is 0 Å². The van der Waals surface area contributed by atoms with Gasteiger partial charge in [-0.3, -0.25) is 0 Å². The van der Waals surface area contributed by atoms with Gasteiger partial charge in [0.1, 0.15) is 17.7 Å². The average Bonchev–Trinajstić information content (AvgIpc) is 2.46. The molecule has 0 saturated heterocycles. The normalized spacial score (nSPS) is 12.2. The van der Waals surface area contributed by atoms with E-state index in [0.29, 0.717) is 11.3 Å². The Hall–Kier alpha value is -1.87. The first kappa shape index (κ1) is 13.6. The summed E-state index contributed by atoms with van der Waals surface area (Å²) in [7, 11) is 0. The summed E-state index contributed by atoms with van der Waals surface area (Å²) in [6.45, 7) is 2.33. The van der Waals surface area contributed by atoms with Crippen LogP contribution in [0.25, 0.3) is 0 Å². The third kappa shape index (κ3) is 3.32. The number of hydrogen-bond acceptors (Lipinski definition) is 2. The van der Waals surface area contributed by atoms with Crippen LogP contribution in [0, 0.1) is 5.82 Å². The Bertz CT molecular complexity index is 525. The van der Waals surface area contributed by atoms with E-state index in [4.69, 9.17) is 10.5 Å². The summed E-state index contributed by atoms with van der Waals surface area (Å²) in [4.78, 5) is 0. The fourth-order valence-electron chi connectivity index (χ4n) is 1.94. The van der Waals surface area contributed by atoms with Gasteiger partial charge in [-0.15, -0.1) is 0 Å². The maximum atomic E-state index is 13.7. The molecule has 19 heavy (non-hydrogen) atoms. The Balaban J connectivity index is 2.17. The number of ether oxygens (including phenoxy) is 1. The summed E-state index contributed by atoms with van der Waals surface area (Å²) in [5.74, 6) is 0.416. The molecular weight excluding hydrogens is 241 g/mol. The highest BCUT2D eigenvalue weighted by atomic mass is 19.1. The van der Waals surface area contributed by atoms with Gasteiger partial charge >= 0.3 is 0 Å². The second-order valence-corrected chi connectivity index (χ2v) is 4.36. The van der Waals surface area contributed by atoms with E-state index in [1.54, 1.807) is 18.2 Å². The van der Waals surface area contributed by atoms with Gasteiger partial charge in [-0.1, -0.05) is 37.3 Å². The van der Waals surface area contributed by atoms with E-state index in [-0.39, 0.29) is 12.4 Å². The molecule has 2 aromatic rings. The second-order valence-electron chi connectivity index (χ2n) is 4.36. The summed E-state index contributed by atoms with van der Waals surface area (Å²) in [5.41, 5.74) is 7.41. The molecule has 0 heterocycles. The van der Waals surface area contributed by atoms with Crippen molar-refractivity contribution < 1.29 is 9.13 Å². The second kappa shape index (κ2) is 6.34. The van der Waals surface area contributed by atoms with Crippen LogP contribution in [0.15, 0.2) is 48.5 Å². The number of aryl methyl sites for hydroxylation is 1. The first-order valence-electron chi connectivity index (χ1n) is 6.44. The smallest absolute Gasteiger partial charge is 0.139 e. The lowest BCUT2D eigenvalue weighted by atomic mass is 10.1. The van der Waals surface area contributed by atoms with Crippen LogP contribution in [-0.2, 0) is 6.42 Å². The summed E-state index contributed by atoms with van der Waals surface area (Å²) >= 11 is 0. The van der Waals surface area contributed by atoms with Gasteiger partial charge in [-0.05, 0) is 30.2 Å². The molecule has 1 unspecified atom stereocenters. The molecule has 0 bridgehead atoms. The van der Waals surface area contributed by atoms with Crippen molar-refractivity contribution >= 4 is 0 Å². The first-order valence-corrected chi connectivity index (χ1v) is 6.44. The zero-order chi connectivity index (χ0) is 13.7. The van der Waals surface area contributed by atoms with Crippen LogP contribution in [0.4, 0.5) is 4.39 Å². The van der Waals surface area contributed by atoms with Crippen LogP contribution in [0.2, 0.25) is 0 Å². The Labute approximate surface area is 113 Å². The van der Waals surface area contributed by atoms with Crippen LogP contribution < -0.4 is 10.5 Å². The molecule has 0 aliphatic carbocycles. The van der Waals surface area contributed by atoms with Gasteiger partial charge in [0.05, 0.1) is 0 Å². The lowest BCUT2D eigenvalue weighted by Gasteiger charge is -2.18. The Kier molecular flexibility index (Phi) is 4.53. The average molecular weight is 259 g/mol. The summed E-state index contributed by atoms with van der Waals surface area (Å²) in [5, 5.41) is 0. The highest BCUT2D eigenvalue weighted by Crippen LogP contribution is 2.23. The molecule has 0 aromatic heterocycles. The molecule has 2 rings (SSSR count). The van der Waals surface area contributed by atoms with Crippen molar-refractivity contribution in [2.45, 2.75) is 19.4 Å². The van der Waals surface area contributed by atoms with Crippen molar-refractivity contribution in [3.8, 4) is 5.75 Å². The molecular formula is C16H18FNO. The van der Waals surface area contributed by atoms with E-state index in [1.165, 1.54) is 11.6 Å². The van der Waals surface area contributed by atoms with E-state index >= 15 is 0 Å². The monoisotopic (exact) mass is 259 g/mol. The largest absolute Gasteiger partial charge is 0.484 e. The number of benzene rings is 2. The Morgan fingerprint density at radius 1 is 1.11 bits per heavy atom. The van der Waals surface area contributed by atoms with Crippen LogP contribution in [0.3, 0.4) is 0 Å². The standard InChI is InChI=1S/C16H18FNO/c1-2-12-7-9-13(10-8-12)19-16(11-18)14-5-3-4-6-15(14)17/h3-10,16H,2,11,18H2,1H3. The van der Waals surface area contributed by atoms with Crippen molar-refractivity contribution in [1.82, 2.24) is 0 Å². The number of halogens is 1. The van der Waals surface area contributed by atoms with Crippen molar-refractivity contribution in [2.75, 3.05) is 6.54 Å². The molecule has 1 atom stereocenters. The highest BCUT2D eigenvalue weighted by molar-refractivity contribution is 5.29. The first-order chi connectivity index (χ1) is 9.24. The van der Waals surface area contributed by atoms with Gasteiger partial charge in [0.25, 0.3) is 0 Å². The van der Waals surface area contributed by atoms with Gasteiger partial charge in [-0.25, -0.2) is 4.39 Å². The number of hydrogen-bond donors (Lipinski definition) is 1. The predicted molar refractivity (Wildman–Crippen MR) is 74.6 cm³/mol. The van der Waals surface area contributed by atoms with Crippen LogP contribution in [-0.4, -0.2) is 6.54 Å². The zero-order valence-corrected chi connectivity index (χ0v) is 11.0. The van der Waals surface area contributed by atoms with Gasteiger partial charge in [0, 0.05) is 12.1 Å². The number of nitrogens with two attached hydrogens (primary N) is 1. The SMILES string of the molecule is CCc1ccc(OC(CN)c2ccccc2F)cc1. The van der Waals surface area contributed by atoms with E-state index < -0.39 is 6.10 Å². The zero-order valence-electron chi connectivity index (χ0n) is 11.0. The van der Waals surface area contributed by atoms with Gasteiger partial charge < -0.3 is 10.5 Å². The Morgan fingerprint density at radius 3 is 2.37 bits per heavy atom. The molecule has 100 valence electrons. The molecule has 2 aromatic carbocycles. The van der Waals surface area contributed by atoms with Crippen molar-refractivity contribution in [3.63, 3.8) is 0 Å². The predicted octanol–water partition coefficient (Wildman–Crippen LogP) is 3.47. The van der Waals surface area contributed by atoms with Crippen molar-refractivity contribution in [2.24, 2.45) is 5.73 Å². The Morgan fingerprint density at radius 2 is 1.79 bits per heavy atom. The molecule has 3 heteroatoms. The highest BCUT2D eigenvalue weighted by Gasteiger charge is 2.15. The van der Waals surface area contributed by atoms with Gasteiger partial charge in [0.15, 0.2) is 0 Å². The molecule has 0 aliphatic heterocycles. The van der Waals surface area contributed by atoms with Crippen molar-refractivity contribution in [3.05, 3.63) is 65.5 Å². The van der Waals surface area contributed by atoms with Crippen LogP contribution in [0.1, 0.15) is 24.2 Å². The minimum absolute atomic E-state index is 0.233. The maximum Gasteiger partial charge on any atom is 0.139 e. The molecule has 0 fully saturated rings. The molecule has 0 spiro atoms. The summed E-state index contributed by atoms with van der Waals surface area (Å²) in [6, 6.07) is 14.3. The fraction of sp³-hybridized carbons (Fsp3) is 0.250. The molecule has 0 saturated carbocycles. The van der Waals surface area contributed by atoms with E-state index in [9.17, 15) is 4.39 Å². The van der Waals surface area contributed by atoms with E-state index in [0.717, 1.165) is 6.42 Å². The van der Waals surface area contributed by atoms with Gasteiger partial charge in [0.2, 0.25) is 0 Å². The summed E-state index contributed by atoms with van der Waals surface area (Å²) < 4.78 is 19.5. The third-order valence-electron chi connectivity index (χ3n) is 3.08. The lowest BCUT2D eigenvalue weighted by Crippen LogP contribution is -2.19. The van der Waals surface area contributed by atoms with Crippen molar-refractivity contribution in [1.29, 1.82) is 0 Å². The topological polar surface area (TPSA) is 35.2 Å². The fourth-order valence-corrected chi connectivity index (χ4v) is 1.94. The molecule has 2 nitrogen and oxygen atoms in total. The molecule has 0 radical (unpaired) electrons. The van der Waals surface area contributed by atoms with E-state index in [1.807, 2.05) is 24.3 Å². The quantitative estimate of drug-likeness (QED) is 0.892. The molecule has 0 amide bonds. The third-order valence-corrected chi connectivity index (χ3v) is 3.08. The number of rotatable bonds is 5. The summed E-state index contributed by atoms with van der Waals surface area (Å²) in [6.07, 6.45) is 0.516. The minimum Gasteiger partial charge on any atom is -0.484 e. The molecule has 0 aliphatic rings. The molecule has 2 N–H and O–H groups in total. The van der Waals surface area contributed by atoms with Crippen LogP contribution in [0.5, 0.6) is 5.75 Å². The van der Waals surface area contributed by atoms with E-state index in [2.05, 4.69) is 6.92 Å².